The zero-order chi connectivity index (χ0) is 36.9. The number of hydrogen-bond acceptors (Lipinski definition) is 7. The minimum atomic E-state index is 0.0108. The number of nitrogens with two attached hydrogens (primary N) is 1. The third-order valence-corrected chi connectivity index (χ3v) is 10.8. The van der Waals surface area contributed by atoms with Crippen molar-refractivity contribution in [2.24, 2.45) is 29.4 Å². The van der Waals surface area contributed by atoms with Gasteiger partial charge in [0.1, 0.15) is 0 Å². The smallest absolute Gasteiger partial charge is 0.152 e. The lowest BCUT2D eigenvalue weighted by Gasteiger charge is -2.38. The van der Waals surface area contributed by atoms with Gasteiger partial charge < -0.3 is 10.7 Å². The average molecular weight is 680 g/mol. The van der Waals surface area contributed by atoms with Crippen molar-refractivity contribution in [3.8, 4) is 0 Å². The minimum Gasteiger partial charge on any atom is -0.357 e. The molecule has 3 N–H and O–H groups in total. The Kier molecular flexibility index (Phi) is 14.8. The van der Waals surface area contributed by atoms with E-state index in [-0.39, 0.29) is 41.9 Å². The van der Waals surface area contributed by atoms with Crippen molar-refractivity contribution in [2.45, 2.75) is 158 Å². The van der Waals surface area contributed by atoms with E-state index >= 15 is 0 Å². The molecule has 2 unspecified atom stereocenters. The van der Waals surface area contributed by atoms with Gasteiger partial charge in [-0.2, -0.15) is 0 Å². The summed E-state index contributed by atoms with van der Waals surface area (Å²) < 4.78 is 0. The maximum Gasteiger partial charge on any atom is 0.152 e. The monoisotopic (exact) mass is 680 g/mol. The molecule has 3 aliphatic rings. The maximum atomic E-state index is 12.6. The molecule has 0 spiro atoms. The number of rotatable bonds is 9. The predicted molar refractivity (Wildman–Crippen MR) is 204 cm³/mol. The van der Waals surface area contributed by atoms with Crippen LogP contribution in [-0.2, 0) is 27.3 Å². The van der Waals surface area contributed by atoms with Crippen LogP contribution in [0.15, 0.2) is 24.3 Å². The summed E-state index contributed by atoms with van der Waals surface area (Å²) in [5.74, 6) is 2.03. The molecule has 5 atom stereocenters. The summed E-state index contributed by atoms with van der Waals surface area (Å²) in [4.78, 5) is 47.0. The van der Waals surface area contributed by atoms with Crippen LogP contribution in [0.1, 0.15) is 114 Å². The molecule has 1 aromatic carbocycles. The second-order valence-electron chi connectivity index (χ2n) is 16.6. The van der Waals surface area contributed by atoms with Crippen LogP contribution in [0.25, 0.3) is 10.9 Å². The first-order chi connectivity index (χ1) is 22.9. The molecule has 1 aromatic heterocycles. The molecular formula is C41H69N5O3. The SMILES string of the molecule is CC(C)C(=O)C1Cc2c([nH]c3ccccc23)CN1C(C)C.CC(C)C(=O)[C@@H]1CC(N)CN1C(C)C.CC(C)C(=O)[C@@H]1[C@@H](C)CCN1C(C)C. The van der Waals surface area contributed by atoms with Gasteiger partial charge >= 0.3 is 0 Å². The van der Waals surface area contributed by atoms with Gasteiger partial charge in [-0.05, 0) is 84.9 Å². The van der Waals surface area contributed by atoms with Crippen molar-refractivity contribution < 1.29 is 14.4 Å². The second kappa shape index (κ2) is 17.7. The number of ketones is 3. The quantitative estimate of drug-likeness (QED) is 0.298. The van der Waals surface area contributed by atoms with Crippen LogP contribution < -0.4 is 5.73 Å². The molecule has 49 heavy (non-hydrogen) atoms. The molecule has 4 heterocycles. The number of carbonyl (C=O) groups excluding carboxylic acids is 3. The molecule has 0 saturated carbocycles. The van der Waals surface area contributed by atoms with Crippen LogP contribution in [0.3, 0.4) is 0 Å². The van der Waals surface area contributed by atoms with Gasteiger partial charge in [0.05, 0.1) is 18.1 Å². The molecule has 2 fully saturated rings. The molecule has 0 bridgehead atoms. The number of carbonyl (C=O) groups is 3. The first-order valence-corrected chi connectivity index (χ1v) is 19.1. The Bertz CT molecular complexity index is 1390. The number of Topliss-reactive ketones (excluding diaryl/α,β-unsaturated/α-hetero) is 3. The summed E-state index contributed by atoms with van der Waals surface area (Å²) in [7, 11) is 0. The van der Waals surface area contributed by atoms with E-state index in [0.29, 0.717) is 41.4 Å². The molecule has 0 aliphatic carbocycles. The highest BCUT2D eigenvalue weighted by atomic mass is 16.1. The Hall–Kier alpha value is -2.39. The topological polar surface area (TPSA) is 103 Å². The molecule has 0 radical (unpaired) electrons. The largest absolute Gasteiger partial charge is 0.357 e. The highest BCUT2D eigenvalue weighted by Crippen LogP contribution is 2.32. The van der Waals surface area contributed by atoms with Gasteiger partial charge in [0.15, 0.2) is 17.3 Å². The number of para-hydroxylation sites is 1. The third-order valence-electron chi connectivity index (χ3n) is 10.8. The lowest BCUT2D eigenvalue weighted by Crippen LogP contribution is -2.50. The normalized spacial score (nSPS) is 24.9. The van der Waals surface area contributed by atoms with E-state index in [1.165, 1.54) is 28.6 Å². The van der Waals surface area contributed by atoms with Gasteiger partial charge in [-0.1, -0.05) is 66.7 Å². The number of H-pyrrole nitrogens is 1. The molecule has 5 rings (SSSR count). The number of aromatic nitrogens is 1. The molecule has 8 nitrogen and oxygen atoms in total. The van der Waals surface area contributed by atoms with Crippen molar-refractivity contribution in [3.63, 3.8) is 0 Å². The molecule has 2 aromatic rings. The van der Waals surface area contributed by atoms with Gasteiger partial charge in [-0.25, -0.2) is 0 Å². The van der Waals surface area contributed by atoms with Crippen molar-refractivity contribution in [1.82, 2.24) is 19.7 Å². The van der Waals surface area contributed by atoms with Gasteiger partial charge in [0.25, 0.3) is 0 Å². The number of hydrogen-bond donors (Lipinski definition) is 2. The molecule has 2 saturated heterocycles. The average Bonchev–Trinajstić information content (AvgIpc) is 3.73. The van der Waals surface area contributed by atoms with Crippen molar-refractivity contribution in [2.75, 3.05) is 13.1 Å². The Balaban J connectivity index is 0.000000207. The van der Waals surface area contributed by atoms with E-state index < -0.39 is 0 Å². The molecular weight excluding hydrogens is 610 g/mol. The molecule has 8 heteroatoms. The van der Waals surface area contributed by atoms with Crippen molar-refractivity contribution in [1.29, 1.82) is 0 Å². The minimum absolute atomic E-state index is 0.0108. The second-order valence-corrected chi connectivity index (χ2v) is 16.6. The van der Waals surface area contributed by atoms with Crippen molar-refractivity contribution >= 4 is 28.3 Å². The van der Waals surface area contributed by atoms with E-state index in [9.17, 15) is 14.4 Å². The predicted octanol–water partition coefficient (Wildman–Crippen LogP) is 6.88. The van der Waals surface area contributed by atoms with Crippen LogP contribution in [-0.4, -0.2) is 92.4 Å². The van der Waals surface area contributed by atoms with Gasteiger partial charge in [-0.15, -0.1) is 0 Å². The number of aromatic amines is 1. The summed E-state index contributed by atoms with van der Waals surface area (Å²) in [5, 5.41) is 1.28. The van der Waals surface area contributed by atoms with Crippen LogP contribution in [0.2, 0.25) is 0 Å². The number of nitrogens with one attached hydrogen (secondary N) is 1. The highest BCUT2D eigenvalue weighted by Gasteiger charge is 2.39. The van der Waals surface area contributed by atoms with E-state index in [2.05, 4.69) is 92.4 Å². The van der Waals surface area contributed by atoms with Crippen molar-refractivity contribution in [3.05, 3.63) is 35.5 Å². The summed E-state index contributed by atoms with van der Waals surface area (Å²) in [6, 6.07) is 10.1. The molecule has 276 valence electrons. The number of fused-ring (bicyclic) bond motifs is 3. The molecule has 3 aliphatic heterocycles. The van der Waals surface area contributed by atoms with Gasteiger partial charge in [0, 0.05) is 71.6 Å². The molecule has 0 amide bonds. The lowest BCUT2D eigenvalue weighted by atomic mass is 9.89. The summed E-state index contributed by atoms with van der Waals surface area (Å²) >= 11 is 0. The van der Waals surface area contributed by atoms with E-state index in [1.807, 2.05) is 41.5 Å². The van der Waals surface area contributed by atoms with Gasteiger partial charge in [-0.3, -0.25) is 29.1 Å². The zero-order valence-electron chi connectivity index (χ0n) is 33.0. The van der Waals surface area contributed by atoms with E-state index in [4.69, 9.17) is 5.73 Å². The summed E-state index contributed by atoms with van der Waals surface area (Å²) in [6.45, 7) is 29.9. The highest BCUT2D eigenvalue weighted by molar-refractivity contribution is 5.90. The Morgan fingerprint density at radius 2 is 1.27 bits per heavy atom. The fraction of sp³-hybridized carbons (Fsp3) is 0.732. The number of benzene rings is 1. The van der Waals surface area contributed by atoms with Gasteiger partial charge in [0.2, 0.25) is 0 Å². The lowest BCUT2D eigenvalue weighted by molar-refractivity contribution is -0.129. The maximum absolute atomic E-state index is 12.6. The summed E-state index contributed by atoms with van der Waals surface area (Å²) in [6.07, 6.45) is 2.82. The first kappa shape index (κ1) is 41.0. The van der Waals surface area contributed by atoms with E-state index in [1.54, 1.807) is 0 Å². The van der Waals surface area contributed by atoms with E-state index in [0.717, 1.165) is 32.5 Å². The van der Waals surface area contributed by atoms with Crippen LogP contribution in [0.5, 0.6) is 0 Å². The fourth-order valence-electron chi connectivity index (χ4n) is 7.89. The van der Waals surface area contributed by atoms with Crippen LogP contribution >= 0.6 is 0 Å². The number of nitrogens with zero attached hydrogens (tertiary/aromatic N) is 3. The first-order valence-electron chi connectivity index (χ1n) is 19.1. The summed E-state index contributed by atoms with van der Waals surface area (Å²) in [5.41, 5.74) is 9.69. The number of likely N-dealkylation sites (tertiary alicyclic amines) is 2. The Morgan fingerprint density at radius 3 is 1.80 bits per heavy atom. The standard InChI is InChI=1S/C18H24N2O.C12H23NO.C11H22N2O/c1-11(2)18(21)17-9-14-13-7-5-6-8-15(13)19-16(14)10-20(17)12(3)4;1-8(2)12(14)11-10(5)6-7-13(11)9(3)4;1-7(2)11(14)10-5-9(12)6-13(10)8(3)4/h5-8,11-12,17,19H,9-10H2,1-4H3;8-11H,6-7H2,1-5H3;7-10H,5-6,12H2,1-4H3/t;10-,11-;9?,10-/m.00/s1. The fourth-order valence-corrected chi connectivity index (χ4v) is 7.89. The Labute approximate surface area is 297 Å². The zero-order valence-corrected chi connectivity index (χ0v) is 33.0. The van der Waals surface area contributed by atoms with Crippen LogP contribution in [0, 0.1) is 23.7 Å². The third kappa shape index (κ3) is 9.90. The van der Waals surface area contributed by atoms with Crippen LogP contribution in [0.4, 0.5) is 0 Å². The Morgan fingerprint density at radius 1 is 0.735 bits per heavy atom.